The highest BCUT2D eigenvalue weighted by Crippen LogP contribution is 2.25. The van der Waals surface area contributed by atoms with Crippen LogP contribution in [0.15, 0.2) is 43.4 Å². The molecule has 4 rings (SSSR count). The molecule has 2 amide bonds. The Morgan fingerprint density at radius 3 is 2.90 bits per heavy atom. The number of hydrogen-bond donors (Lipinski definition) is 1. The van der Waals surface area contributed by atoms with Gasteiger partial charge in [0.25, 0.3) is 5.91 Å². The first-order valence-electron chi connectivity index (χ1n) is 9.10. The molecule has 3 aromatic rings. The number of aromatic nitrogens is 5. The third kappa shape index (κ3) is 4.78. The average Bonchev–Trinajstić information content (AvgIpc) is 3.48. The van der Waals surface area contributed by atoms with Crippen LogP contribution in [-0.2, 0) is 16.1 Å². The quantitative estimate of drug-likeness (QED) is 0.531. The molecule has 0 saturated carbocycles. The summed E-state index contributed by atoms with van der Waals surface area (Å²) in [6.45, 7) is 0.583. The van der Waals surface area contributed by atoms with Gasteiger partial charge in [0.15, 0.2) is 4.84 Å². The Morgan fingerprint density at radius 1 is 1.35 bits per heavy atom. The molecule has 3 heterocycles. The highest BCUT2D eigenvalue weighted by Gasteiger charge is 2.33. The number of carbonyl (C=O) groups excluding carboxylic acids is 2. The molecule has 1 aromatic carbocycles. The van der Waals surface area contributed by atoms with E-state index in [1.807, 2.05) is 0 Å². The maximum Gasteiger partial charge on any atom is 0.414 e. The fraction of sp³-hybridized carbons (Fsp3) is 0.278. The molecule has 2 aromatic heterocycles. The van der Waals surface area contributed by atoms with Crippen LogP contribution in [0.1, 0.15) is 5.69 Å². The van der Waals surface area contributed by atoms with Gasteiger partial charge in [0.05, 0.1) is 43.0 Å². The zero-order valence-electron chi connectivity index (χ0n) is 15.9. The molecule has 1 atom stereocenters. The molecule has 1 unspecified atom stereocenters. The predicted octanol–water partition coefficient (Wildman–Crippen LogP) is 1.90. The zero-order valence-corrected chi connectivity index (χ0v) is 17.4. The SMILES string of the molecule is O=C(NCC1CN(c2ccc(-n3cnc(Cn4cncn4)c3)c(F)c2)C(=O)O1)C(Cl)Cl. The minimum Gasteiger partial charge on any atom is -0.442 e. The van der Waals surface area contributed by atoms with E-state index in [0.717, 1.165) is 0 Å². The molecule has 0 spiro atoms. The number of carbonyl (C=O) groups is 2. The van der Waals surface area contributed by atoms with Gasteiger partial charge in [-0.15, -0.1) is 0 Å². The van der Waals surface area contributed by atoms with Gasteiger partial charge in [-0.1, -0.05) is 23.2 Å². The smallest absolute Gasteiger partial charge is 0.414 e. The van der Waals surface area contributed by atoms with Crippen LogP contribution in [0.5, 0.6) is 0 Å². The Kier molecular flexibility index (Phi) is 6.05. The maximum absolute atomic E-state index is 14.8. The topological polar surface area (TPSA) is 107 Å². The number of rotatable bonds is 7. The van der Waals surface area contributed by atoms with Gasteiger partial charge in [0, 0.05) is 6.20 Å². The monoisotopic (exact) mass is 467 g/mol. The summed E-state index contributed by atoms with van der Waals surface area (Å²) in [6.07, 6.45) is 4.91. The van der Waals surface area contributed by atoms with Crippen LogP contribution in [0.3, 0.4) is 0 Å². The lowest BCUT2D eigenvalue weighted by atomic mass is 10.2. The molecule has 31 heavy (non-hydrogen) atoms. The van der Waals surface area contributed by atoms with E-state index in [9.17, 15) is 14.0 Å². The standard InChI is InChI=1S/C18H16Cl2FN7O3/c19-16(20)17(29)23-4-13-7-28(18(30)31-13)12-1-2-15(14(21)3-12)26-5-11(24-10-26)6-27-9-22-8-25-27/h1-3,5,8-10,13,16H,4,6-7H2,(H,23,29). The molecule has 1 fully saturated rings. The van der Waals surface area contributed by atoms with Crippen molar-refractivity contribution in [2.75, 3.05) is 18.0 Å². The third-order valence-corrected chi connectivity index (χ3v) is 4.92. The number of halogens is 3. The van der Waals surface area contributed by atoms with E-state index in [1.165, 1.54) is 23.6 Å². The summed E-state index contributed by atoms with van der Waals surface area (Å²) < 4.78 is 23.1. The van der Waals surface area contributed by atoms with Crippen LogP contribution in [-0.4, -0.2) is 60.3 Å². The van der Waals surface area contributed by atoms with Gasteiger partial charge in [-0.3, -0.25) is 9.69 Å². The minimum absolute atomic E-state index is 0.0428. The lowest BCUT2D eigenvalue weighted by Gasteiger charge is -2.14. The van der Waals surface area contributed by atoms with E-state index in [2.05, 4.69) is 20.4 Å². The first-order chi connectivity index (χ1) is 14.9. The van der Waals surface area contributed by atoms with Crippen molar-refractivity contribution in [2.45, 2.75) is 17.5 Å². The van der Waals surface area contributed by atoms with Gasteiger partial charge >= 0.3 is 6.09 Å². The highest BCUT2D eigenvalue weighted by atomic mass is 35.5. The first kappa shape index (κ1) is 21.1. The number of ether oxygens (including phenoxy) is 1. The summed E-state index contributed by atoms with van der Waals surface area (Å²) in [4.78, 5) is 31.8. The van der Waals surface area contributed by atoms with E-state index in [4.69, 9.17) is 27.9 Å². The number of amides is 2. The first-order valence-corrected chi connectivity index (χ1v) is 9.97. The van der Waals surface area contributed by atoms with Crippen molar-refractivity contribution in [3.8, 4) is 5.69 Å². The van der Waals surface area contributed by atoms with Crippen molar-refractivity contribution in [3.63, 3.8) is 0 Å². The molecule has 1 aliphatic rings. The molecule has 1 N–H and O–H groups in total. The van der Waals surface area contributed by atoms with Gasteiger partial charge < -0.3 is 14.6 Å². The lowest BCUT2D eigenvalue weighted by Crippen LogP contribution is -2.37. The van der Waals surface area contributed by atoms with Crippen LogP contribution >= 0.6 is 23.2 Å². The normalized spacial score (nSPS) is 16.1. The molecular formula is C18H16Cl2FN7O3. The van der Waals surface area contributed by atoms with Crippen LogP contribution < -0.4 is 10.2 Å². The average molecular weight is 468 g/mol. The number of imidazole rings is 1. The number of nitrogens with one attached hydrogen (secondary N) is 1. The van der Waals surface area contributed by atoms with Crippen molar-refractivity contribution in [3.05, 3.63) is 54.9 Å². The van der Waals surface area contributed by atoms with Gasteiger partial charge in [-0.05, 0) is 18.2 Å². The maximum atomic E-state index is 14.8. The summed E-state index contributed by atoms with van der Waals surface area (Å²) in [6, 6.07) is 4.38. The Labute approximate surface area is 185 Å². The molecule has 0 aliphatic carbocycles. The molecule has 13 heteroatoms. The molecule has 10 nitrogen and oxygen atoms in total. The summed E-state index contributed by atoms with van der Waals surface area (Å²) in [5.41, 5.74) is 1.28. The minimum atomic E-state index is -1.21. The van der Waals surface area contributed by atoms with Gasteiger partial charge in [0.1, 0.15) is 24.6 Å². The Morgan fingerprint density at radius 2 is 2.19 bits per heavy atom. The van der Waals surface area contributed by atoms with E-state index >= 15 is 0 Å². The predicted molar refractivity (Wildman–Crippen MR) is 109 cm³/mol. The highest BCUT2D eigenvalue weighted by molar-refractivity contribution is 6.53. The summed E-state index contributed by atoms with van der Waals surface area (Å²) in [5, 5.41) is 6.48. The van der Waals surface area contributed by atoms with Gasteiger partial charge in [0.2, 0.25) is 0 Å². The van der Waals surface area contributed by atoms with Crippen LogP contribution in [0.4, 0.5) is 14.9 Å². The van der Waals surface area contributed by atoms with Crippen molar-refractivity contribution in [1.29, 1.82) is 0 Å². The molecule has 162 valence electrons. The van der Waals surface area contributed by atoms with Crippen molar-refractivity contribution < 1.29 is 18.7 Å². The van der Waals surface area contributed by atoms with Crippen LogP contribution in [0.25, 0.3) is 5.69 Å². The Hall–Kier alpha value is -3.18. The van der Waals surface area contributed by atoms with Crippen molar-refractivity contribution in [2.24, 2.45) is 0 Å². The zero-order chi connectivity index (χ0) is 22.0. The number of alkyl halides is 2. The van der Waals surface area contributed by atoms with E-state index < -0.39 is 28.8 Å². The third-order valence-electron chi connectivity index (χ3n) is 4.52. The van der Waals surface area contributed by atoms with Crippen molar-refractivity contribution >= 4 is 40.9 Å². The fourth-order valence-corrected chi connectivity index (χ4v) is 3.21. The Balaban J connectivity index is 1.43. The Bertz CT molecular complexity index is 1090. The number of cyclic esters (lactones) is 1. The van der Waals surface area contributed by atoms with Crippen LogP contribution in [0, 0.1) is 5.82 Å². The van der Waals surface area contributed by atoms with Crippen molar-refractivity contribution in [1.82, 2.24) is 29.6 Å². The summed E-state index contributed by atoms with van der Waals surface area (Å²) in [7, 11) is 0. The second-order valence-electron chi connectivity index (χ2n) is 6.66. The summed E-state index contributed by atoms with van der Waals surface area (Å²) in [5.74, 6) is -1.13. The van der Waals surface area contributed by atoms with E-state index in [-0.39, 0.29) is 18.8 Å². The molecule has 1 aliphatic heterocycles. The molecule has 1 saturated heterocycles. The molecule has 0 radical (unpaired) electrons. The number of nitrogens with zero attached hydrogens (tertiary/aromatic N) is 6. The van der Waals surface area contributed by atoms with Gasteiger partial charge in [-0.25, -0.2) is 23.8 Å². The number of benzene rings is 1. The molecule has 0 bridgehead atoms. The van der Waals surface area contributed by atoms with Crippen LogP contribution in [0.2, 0.25) is 0 Å². The van der Waals surface area contributed by atoms with E-state index in [1.54, 1.807) is 33.9 Å². The number of anilines is 1. The van der Waals surface area contributed by atoms with E-state index in [0.29, 0.717) is 17.9 Å². The lowest BCUT2D eigenvalue weighted by molar-refractivity contribution is -0.119. The second kappa shape index (κ2) is 8.90. The second-order valence-corrected chi connectivity index (χ2v) is 7.76. The largest absolute Gasteiger partial charge is 0.442 e. The fourth-order valence-electron chi connectivity index (χ4n) is 3.06. The number of hydrogen-bond acceptors (Lipinski definition) is 6. The summed E-state index contributed by atoms with van der Waals surface area (Å²) >= 11 is 10.9. The van der Waals surface area contributed by atoms with Gasteiger partial charge in [-0.2, -0.15) is 5.10 Å². The molecular weight excluding hydrogens is 452 g/mol.